The molecule has 2 bridgehead atoms. The predicted octanol–water partition coefficient (Wildman–Crippen LogP) is 1.21. The Bertz CT molecular complexity index is 893. The van der Waals surface area contributed by atoms with Crippen molar-refractivity contribution in [3.63, 3.8) is 0 Å². The third-order valence-electron chi connectivity index (χ3n) is 6.04. The number of aromatic nitrogens is 4. The number of allylic oxidation sites excluding steroid dienone is 2. The van der Waals surface area contributed by atoms with Crippen LogP contribution in [0.15, 0.2) is 34.5 Å². The maximum Gasteiger partial charge on any atom is 0.369 e. The van der Waals surface area contributed by atoms with Crippen molar-refractivity contribution in [2.24, 2.45) is 23.2 Å². The van der Waals surface area contributed by atoms with Crippen LogP contribution >= 0.6 is 11.3 Å². The topological polar surface area (TPSA) is 81.8 Å². The molecule has 2 aromatic rings. The van der Waals surface area contributed by atoms with Gasteiger partial charge >= 0.3 is 5.69 Å². The number of carbonyl (C=O) groups is 1. The summed E-state index contributed by atoms with van der Waals surface area (Å²) >= 11 is 1.43. The zero-order valence-corrected chi connectivity index (χ0v) is 14.5. The van der Waals surface area contributed by atoms with Crippen molar-refractivity contribution >= 4 is 17.2 Å². The Morgan fingerprint density at radius 1 is 1.36 bits per heavy atom. The summed E-state index contributed by atoms with van der Waals surface area (Å²) in [5.41, 5.74) is 0.138. The summed E-state index contributed by atoms with van der Waals surface area (Å²) in [4.78, 5) is 24.8. The Balaban J connectivity index is 1.20. The van der Waals surface area contributed by atoms with Crippen molar-refractivity contribution in [1.29, 1.82) is 0 Å². The molecule has 0 aliphatic heterocycles. The average Bonchev–Trinajstić information content (AvgIpc) is 2.92. The molecule has 5 rings (SSSR count). The fraction of sp³-hybridized carbons (Fsp3) is 0.529. The highest BCUT2D eigenvalue weighted by molar-refractivity contribution is 7.12. The van der Waals surface area contributed by atoms with E-state index in [9.17, 15) is 9.59 Å². The van der Waals surface area contributed by atoms with Crippen LogP contribution in [0.4, 0.5) is 0 Å². The molecule has 2 aromatic heterocycles. The molecule has 3 aliphatic carbocycles. The van der Waals surface area contributed by atoms with E-state index in [-0.39, 0.29) is 17.5 Å². The van der Waals surface area contributed by atoms with Crippen molar-refractivity contribution < 1.29 is 4.79 Å². The van der Waals surface area contributed by atoms with E-state index < -0.39 is 0 Å². The minimum atomic E-state index is -0.281. The van der Waals surface area contributed by atoms with E-state index in [4.69, 9.17) is 0 Å². The van der Waals surface area contributed by atoms with Gasteiger partial charge in [0.1, 0.15) is 5.00 Å². The van der Waals surface area contributed by atoms with Crippen molar-refractivity contribution in [3.8, 4) is 5.00 Å². The average molecular weight is 357 g/mol. The van der Waals surface area contributed by atoms with E-state index in [2.05, 4.69) is 27.9 Å². The van der Waals surface area contributed by atoms with Crippen LogP contribution in [-0.4, -0.2) is 32.2 Å². The second kappa shape index (κ2) is 5.39. The molecule has 2 fully saturated rings. The standard InChI is InChI=1S/C17H19N5O2S/c23-15(12-10-11-3-4-13(12)17(11)5-6-17)18-7-8-21-16(24)22(20-19-21)14-2-1-9-25-14/h1-4,9,11-13H,5-8,10H2,(H,18,23)/t11-,12+,13+/m1/s1. The maximum absolute atomic E-state index is 12.5. The summed E-state index contributed by atoms with van der Waals surface area (Å²) in [5, 5.41) is 13.4. The molecular weight excluding hydrogens is 338 g/mol. The van der Waals surface area contributed by atoms with Crippen LogP contribution < -0.4 is 11.0 Å². The number of nitrogens with one attached hydrogen (secondary N) is 1. The first kappa shape index (κ1) is 15.1. The fourth-order valence-corrected chi connectivity index (χ4v) is 5.30. The molecule has 25 heavy (non-hydrogen) atoms. The number of hydrogen-bond donors (Lipinski definition) is 1. The fourth-order valence-electron chi connectivity index (χ4n) is 4.63. The molecule has 3 atom stereocenters. The van der Waals surface area contributed by atoms with Crippen LogP contribution in [0.5, 0.6) is 0 Å². The molecule has 2 saturated carbocycles. The Morgan fingerprint density at radius 3 is 2.96 bits per heavy atom. The highest BCUT2D eigenvalue weighted by Gasteiger charge is 2.63. The van der Waals surface area contributed by atoms with Gasteiger partial charge < -0.3 is 5.32 Å². The minimum Gasteiger partial charge on any atom is -0.354 e. The summed E-state index contributed by atoms with van der Waals surface area (Å²) in [6.07, 6.45) is 8.06. The number of amides is 1. The van der Waals surface area contributed by atoms with Gasteiger partial charge in [-0.15, -0.1) is 11.3 Å². The van der Waals surface area contributed by atoms with Gasteiger partial charge in [0.05, 0.1) is 6.54 Å². The second-order valence-electron chi connectivity index (χ2n) is 7.23. The van der Waals surface area contributed by atoms with Crippen LogP contribution in [-0.2, 0) is 11.3 Å². The molecule has 1 amide bonds. The number of nitrogens with zero attached hydrogens (tertiary/aromatic N) is 4. The quantitative estimate of drug-likeness (QED) is 0.816. The third-order valence-corrected chi connectivity index (χ3v) is 6.88. The van der Waals surface area contributed by atoms with E-state index in [1.807, 2.05) is 17.5 Å². The summed E-state index contributed by atoms with van der Waals surface area (Å²) < 4.78 is 2.58. The molecule has 0 saturated heterocycles. The summed E-state index contributed by atoms with van der Waals surface area (Å²) in [6.45, 7) is 0.726. The molecule has 3 aliphatic rings. The van der Waals surface area contributed by atoms with Gasteiger partial charge in [-0.2, -0.15) is 9.36 Å². The van der Waals surface area contributed by atoms with Gasteiger partial charge in [0, 0.05) is 12.5 Å². The van der Waals surface area contributed by atoms with Crippen LogP contribution in [0.1, 0.15) is 19.3 Å². The van der Waals surface area contributed by atoms with Gasteiger partial charge in [0.15, 0.2) is 0 Å². The van der Waals surface area contributed by atoms with E-state index in [0.29, 0.717) is 30.3 Å². The van der Waals surface area contributed by atoms with Gasteiger partial charge in [0.25, 0.3) is 0 Å². The number of tetrazole rings is 1. The number of carbonyl (C=O) groups excluding carboxylic acids is 1. The van der Waals surface area contributed by atoms with Crippen LogP contribution in [0.25, 0.3) is 5.00 Å². The first-order valence-corrected chi connectivity index (χ1v) is 9.60. The zero-order valence-electron chi connectivity index (χ0n) is 13.7. The van der Waals surface area contributed by atoms with Crippen LogP contribution in [0, 0.1) is 23.2 Å². The second-order valence-corrected chi connectivity index (χ2v) is 8.16. The molecule has 1 N–H and O–H groups in total. The Morgan fingerprint density at radius 2 is 2.24 bits per heavy atom. The Labute approximate surface area is 148 Å². The summed E-state index contributed by atoms with van der Waals surface area (Å²) in [7, 11) is 0. The van der Waals surface area contributed by atoms with Gasteiger partial charge in [-0.05, 0) is 64.5 Å². The SMILES string of the molecule is O=C(NCCn1nnn(-c2cccs2)c1=O)[C@H]1C[C@H]2C=C[C@@H]1C21CC1. The predicted molar refractivity (Wildman–Crippen MR) is 92.4 cm³/mol. The van der Waals surface area contributed by atoms with E-state index in [0.717, 1.165) is 11.4 Å². The first-order valence-electron chi connectivity index (χ1n) is 8.72. The molecule has 8 heteroatoms. The molecular formula is C17H19N5O2S. The molecule has 0 unspecified atom stereocenters. The molecule has 0 aromatic carbocycles. The first-order chi connectivity index (χ1) is 12.2. The molecule has 0 radical (unpaired) electrons. The van der Waals surface area contributed by atoms with E-state index >= 15 is 0 Å². The van der Waals surface area contributed by atoms with Crippen molar-refractivity contribution in [2.45, 2.75) is 25.8 Å². The van der Waals surface area contributed by atoms with Gasteiger partial charge in [-0.25, -0.2) is 4.79 Å². The molecule has 7 nitrogen and oxygen atoms in total. The van der Waals surface area contributed by atoms with E-state index in [1.54, 1.807) is 0 Å². The highest BCUT2D eigenvalue weighted by Crippen LogP contribution is 2.70. The lowest BCUT2D eigenvalue weighted by atomic mass is 9.88. The Kier molecular flexibility index (Phi) is 3.25. The van der Waals surface area contributed by atoms with Crippen molar-refractivity contribution in [1.82, 2.24) is 25.1 Å². The normalized spacial score (nSPS) is 27.9. The molecule has 1 spiro atoms. The van der Waals surface area contributed by atoms with Gasteiger partial charge in [-0.3, -0.25) is 4.79 Å². The maximum atomic E-state index is 12.5. The summed E-state index contributed by atoms with van der Waals surface area (Å²) in [6, 6.07) is 3.69. The highest BCUT2D eigenvalue weighted by atomic mass is 32.1. The number of rotatable bonds is 5. The lowest BCUT2D eigenvalue weighted by molar-refractivity contribution is -0.125. The largest absolute Gasteiger partial charge is 0.369 e. The van der Waals surface area contributed by atoms with Crippen LogP contribution in [0.3, 0.4) is 0 Å². The molecule has 130 valence electrons. The number of thiophene rings is 1. The number of hydrogen-bond acceptors (Lipinski definition) is 5. The van der Waals surface area contributed by atoms with E-state index in [1.165, 1.54) is 33.5 Å². The zero-order chi connectivity index (χ0) is 17.0. The monoisotopic (exact) mass is 357 g/mol. The lowest BCUT2D eigenvalue weighted by Crippen LogP contribution is -2.37. The van der Waals surface area contributed by atoms with Crippen LogP contribution in [0.2, 0.25) is 0 Å². The summed E-state index contributed by atoms with van der Waals surface area (Å²) in [5.74, 6) is 1.22. The smallest absolute Gasteiger partial charge is 0.354 e. The lowest BCUT2D eigenvalue weighted by Gasteiger charge is -2.19. The minimum absolute atomic E-state index is 0.0935. The van der Waals surface area contributed by atoms with Gasteiger partial charge in [-0.1, -0.05) is 12.2 Å². The van der Waals surface area contributed by atoms with Crippen molar-refractivity contribution in [2.75, 3.05) is 6.54 Å². The molecule has 2 heterocycles. The Hall–Kier alpha value is -2.22. The van der Waals surface area contributed by atoms with Gasteiger partial charge in [0.2, 0.25) is 5.91 Å². The third kappa shape index (κ3) is 2.23. The van der Waals surface area contributed by atoms with Crippen molar-refractivity contribution in [3.05, 3.63) is 40.1 Å².